The van der Waals surface area contributed by atoms with E-state index in [1.165, 1.54) is 30.3 Å². The first-order valence-corrected chi connectivity index (χ1v) is 12.6. The molecule has 11 heteroatoms. The number of carbonyl (C=O) groups excluding carboxylic acids is 1. The van der Waals surface area contributed by atoms with E-state index in [-0.39, 0.29) is 27.8 Å². The van der Waals surface area contributed by atoms with Gasteiger partial charge in [-0.05, 0) is 42.7 Å². The largest absolute Gasteiger partial charge is 0.493 e. The third kappa shape index (κ3) is 8.62. The fourth-order valence-corrected chi connectivity index (χ4v) is 4.13. The predicted molar refractivity (Wildman–Crippen MR) is 137 cm³/mol. The van der Waals surface area contributed by atoms with Crippen molar-refractivity contribution in [3.8, 4) is 16.9 Å². The van der Waals surface area contributed by atoms with Gasteiger partial charge in [0.1, 0.15) is 11.3 Å². The van der Waals surface area contributed by atoms with Gasteiger partial charge in [0.05, 0.1) is 30.8 Å². The fourth-order valence-electron chi connectivity index (χ4n) is 4.13. The number of hydrogen-bond donors (Lipinski definition) is 0. The fraction of sp³-hybridized carbons (Fsp3) is 0.379. The monoisotopic (exact) mass is 570 g/mol. The van der Waals surface area contributed by atoms with Crippen LogP contribution in [0.3, 0.4) is 0 Å². The second-order valence-electron chi connectivity index (χ2n) is 9.31. The van der Waals surface area contributed by atoms with E-state index in [9.17, 15) is 35.9 Å². The Morgan fingerprint density at radius 1 is 1.00 bits per heavy atom. The van der Waals surface area contributed by atoms with Crippen LogP contribution in [0.1, 0.15) is 43.7 Å². The van der Waals surface area contributed by atoms with Gasteiger partial charge in [0.2, 0.25) is 0 Å². The van der Waals surface area contributed by atoms with Crippen LogP contribution in [0.5, 0.6) is 5.75 Å². The SMILES string of the molecule is C=CC(=O)OCC(COc1ccc2cc(-c3ccc(CCCCC)cc3C(F)(F)F)c(=O)oc2c1)CC(F)(F)F. The van der Waals surface area contributed by atoms with E-state index in [0.717, 1.165) is 31.4 Å². The number of carbonyl (C=O) groups is 1. The van der Waals surface area contributed by atoms with Gasteiger partial charge in [-0.1, -0.05) is 38.5 Å². The first-order valence-electron chi connectivity index (χ1n) is 12.6. The molecule has 5 nitrogen and oxygen atoms in total. The molecule has 0 spiro atoms. The van der Waals surface area contributed by atoms with Crippen LogP contribution in [0.15, 0.2) is 64.3 Å². The lowest BCUT2D eigenvalue weighted by Crippen LogP contribution is -2.25. The van der Waals surface area contributed by atoms with Crippen molar-refractivity contribution in [3.63, 3.8) is 0 Å². The average Bonchev–Trinajstić information content (AvgIpc) is 2.88. The molecule has 0 amide bonds. The van der Waals surface area contributed by atoms with Crippen molar-refractivity contribution >= 4 is 16.9 Å². The minimum Gasteiger partial charge on any atom is -0.493 e. The van der Waals surface area contributed by atoms with E-state index >= 15 is 0 Å². The van der Waals surface area contributed by atoms with E-state index in [0.29, 0.717) is 12.0 Å². The lowest BCUT2D eigenvalue weighted by molar-refractivity contribution is -0.157. The Labute approximate surface area is 226 Å². The molecule has 1 atom stereocenters. The van der Waals surface area contributed by atoms with Gasteiger partial charge in [0.15, 0.2) is 0 Å². The summed E-state index contributed by atoms with van der Waals surface area (Å²) >= 11 is 0. The summed E-state index contributed by atoms with van der Waals surface area (Å²) in [4.78, 5) is 24.0. The zero-order valence-corrected chi connectivity index (χ0v) is 21.7. The summed E-state index contributed by atoms with van der Waals surface area (Å²) in [6.07, 6.45) is -6.66. The van der Waals surface area contributed by atoms with Crippen LogP contribution in [0.2, 0.25) is 0 Å². The van der Waals surface area contributed by atoms with E-state index in [4.69, 9.17) is 13.9 Å². The highest BCUT2D eigenvalue weighted by atomic mass is 19.4. The van der Waals surface area contributed by atoms with Crippen LogP contribution >= 0.6 is 0 Å². The number of hydrogen-bond acceptors (Lipinski definition) is 5. The van der Waals surface area contributed by atoms with Crippen molar-refractivity contribution < 1.29 is 45.0 Å². The van der Waals surface area contributed by atoms with E-state index in [1.54, 1.807) is 6.07 Å². The highest BCUT2D eigenvalue weighted by molar-refractivity contribution is 5.83. The standard InChI is InChI=1S/C29H28F6O5/c1-3-5-6-7-18-8-11-22(24(12-18)29(33,34)35)23-13-20-9-10-21(14-25(20)40-27(23)37)38-16-19(15-28(30,31)32)17-39-26(36)4-2/h4,8-14,19H,2-3,5-7,15-17H2,1H3. The molecule has 216 valence electrons. The molecule has 2 aromatic carbocycles. The van der Waals surface area contributed by atoms with Gasteiger partial charge in [-0.15, -0.1) is 0 Å². The number of benzene rings is 2. The molecule has 1 aromatic heterocycles. The number of unbranched alkanes of at least 4 members (excludes halogenated alkanes) is 2. The Morgan fingerprint density at radius 3 is 2.40 bits per heavy atom. The number of fused-ring (bicyclic) bond motifs is 1. The summed E-state index contributed by atoms with van der Waals surface area (Å²) in [5.41, 5.74) is -2.06. The van der Waals surface area contributed by atoms with Gasteiger partial charge in [0.25, 0.3) is 0 Å². The van der Waals surface area contributed by atoms with Crippen LogP contribution in [0, 0.1) is 5.92 Å². The van der Waals surface area contributed by atoms with Crippen molar-refractivity contribution in [1.29, 1.82) is 0 Å². The Hall–Kier alpha value is -3.76. The normalized spacial score (nSPS) is 12.8. The van der Waals surface area contributed by atoms with E-state index < -0.39 is 55.1 Å². The van der Waals surface area contributed by atoms with Crippen LogP contribution in [-0.4, -0.2) is 25.4 Å². The molecule has 3 aromatic rings. The van der Waals surface area contributed by atoms with Gasteiger partial charge >= 0.3 is 23.9 Å². The number of esters is 1. The van der Waals surface area contributed by atoms with Gasteiger partial charge in [-0.2, -0.15) is 26.3 Å². The quantitative estimate of drug-likeness (QED) is 0.0729. The summed E-state index contributed by atoms with van der Waals surface area (Å²) < 4.78 is 96.0. The molecule has 40 heavy (non-hydrogen) atoms. The second kappa shape index (κ2) is 13.1. The lowest BCUT2D eigenvalue weighted by atomic mass is 9.95. The molecule has 1 unspecified atom stereocenters. The predicted octanol–water partition coefficient (Wildman–Crippen LogP) is 7.89. The summed E-state index contributed by atoms with van der Waals surface area (Å²) in [5.74, 6) is -2.05. The maximum atomic E-state index is 13.9. The van der Waals surface area contributed by atoms with Gasteiger partial charge < -0.3 is 13.9 Å². The van der Waals surface area contributed by atoms with Crippen molar-refractivity contribution in [2.45, 2.75) is 51.4 Å². The molecule has 0 N–H and O–H groups in total. The van der Waals surface area contributed by atoms with E-state index in [1.807, 2.05) is 6.92 Å². The molecule has 0 aliphatic rings. The molecule has 0 saturated carbocycles. The summed E-state index contributed by atoms with van der Waals surface area (Å²) in [6.45, 7) is 4.14. The molecule has 0 aliphatic carbocycles. The van der Waals surface area contributed by atoms with Crippen molar-refractivity contribution in [2.24, 2.45) is 5.92 Å². The zero-order valence-electron chi connectivity index (χ0n) is 21.7. The number of ether oxygens (including phenoxy) is 2. The first-order chi connectivity index (χ1) is 18.8. The summed E-state index contributed by atoms with van der Waals surface area (Å²) in [7, 11) is 0. The molecular formula is C29H28F6O5. The minimum atomic E-state index is -4.71. The Balaban J connectivity index is 1.87. The Kier molecular flexibility index (Phi) is 10.1. The first kappa shape index (κ1) is 30.8. The Bertz CT molecular complexity index is 1390. The van der Waals surface area contributed by atoms with Crippen molar-refractivity contribution in [2.75, 3.05) is 13.2 Å². The summed E-state index contributed by atoms with van der Waals surface area (Å²) in [6, 6.07) is 9.20. The van der Waals surface area contributed by atoms with E-state index in [2.05, 4.69) is 6.58 Å². The smallest absolute Gasteiger partial charge is 0.417 e. The van der Waals surface area contributed by atoms with Crippen LogP contribution in [0.4, 0.5) is 26.3 Å². The second-order valence-corrected chi connectivity index (χ2v) is 9.31. The van der Waals surface area contributed by atoms with Gasteiger partial charge in [-0.3, -0.25) is 0 Å². The molecule has 0 fully saturated rings. The van der Waals surface area contributed by atoms with Gasteiger partial charge in [0, 0.05) is 29.0 Å². The molecule has 0 saturated heterocycles. The number of alkyl halides is 6. The van der Waals surface area contributed by atoms with Crippen LogP contribution < -0.4 is 10.4 Å². The number of rotatable bonds is 12. The minimum absolute atomic E-state index is 0.0264. The van der Waals surface area contributed by atoms with Crippen molar-refractivity contribution in [3.05, 3.63) is 76.7 Å². The third-order valence-corrected chi connectivity index (χ3v) is 6.09. The van der Waals surface area contributed by atoms with Crippen LogP contribution in [0.25, 0.3) is 22.1 Å². The highest BCUT2D eigenvalue weighted by Gasteiger charge is 2.35. The number of aryl methyl sites for hydroxylation is 1. The van der Waals surface area contributed by atoms with Gasteiger partial charge in [-0.25, -0.2) is 9.59 Å². The molecular weight excluding hydrogens is 542 g/mol. The topological polar surface area (TPSA) is 65.7 Å². The maximum Gasteiger partial charge on any atom is 0.417 e. The Morgan fingerprint density at radius 2 is 1.75 bits per heavy atom. The molecule has 0 bridgehead atoms. The zero-order chi connectivity index (χ0) is 29.5. The van der Waals surface area contributed by atoms with Crippen LogP contribution in [-0.2, 0) is 22.1 Å². The average molecular weight is 571 g/mol. The maximum absolute atomic E-state index is 13.9. The number of halogens is 6. The molecule has 1 heterocycles. The molecule has 0 aliphatic heterocycles. The lowest BCUT2D eigenvalue weighted by Gasteiger charge is -2.19. The summed E-state index contributed by atoms with van der Waals surface area (Å²) in [5, 5.41) is 0.286. The third-order valence-electron chi connectivity index (χ3n) is 6.09. The highest BCUT2D eigenvalue weighted by Crippen LogP contribution is 2.38. The molecule has 0 radical (unpaired) electrons. The molecule has 3 rings (SSSR count). The van der Waals surface area contributed by atoms with Crippen molar-refractivity contribution in [1.82, 2.24) is 0 Å².